The van der Waals surface area contributed by atoms with Gasteiger partial charge in [0.1, 0.15) is 6.04 Å². The van der Waals surface area contributed by atoms with Crippen molar-refractivity contribution in [1.29, 1.82) is 0 Å². The number of nitrogens with zero attached hydrogens (tertiary/aromatic N) is 2. The molecule has 0 bridgehead atoms. The molecule has 0 spiro atoms. The molecule has 160 valence electrons. The highest BCUT2D eigenvalue weighted by atomic mass is 16.5. The molecule has 1 aliphatic heterocycles. The third kappa shape index (κ3) is 4.89. The van der Waals surface area contributed by atoms with Gasteiger partial charge in [-0.1, -0.05) is 24.4 Å². The third-order valence-electron chi connectivity index (χ3n) is 6.23. The molecule has 1 N–H and O–H groups in total. The van der Waals surface area contributed by atoms with Gasteiger partial charge in [0.15, 0.2) is 11.5 Å². The van der Waals surface area contributed by atoms with Crippen molar-refractivity contribution in [1.82, 2.24) is 10.2 Å². The minimum absolute atomic E-state index is 0.0646. The summed E-state index contributed by atoms with van der Waals surface area (Å²) in [5, 5.41) is 6.08. The summed E-state index contributed by atoms with van der Waals surface area (Å²) in [7, 11) is 3.31. The maximum absolute atomic E-state index is 13.1. The average molecular weight is 404 g/mol. The van der Waals surface area contributed by atoms with Crippen molar-refractivity contribution in [2.45, 2.75) is 57.5 Å². The molecule has 1 saturated carbocycles. The lowest BCUT2D eigenvalue weighted by molar-refractivity contribution is -0.134. The summed E-state index contributed by atoms with van der Waals surface area (Å²) in [5.41, 5.74) is 2.44. The van der Waals surface area contributed by atoms with Crippen LogP contribution in [0.2, 0.25) is 0 Å². The van der Waals surface area contributed by atoms with Gasteiger partial charge in [0, 0.05) is 13.1 Å². The van der Waals surface area contributed by atoms with Crippen LogP contribution in [0.25, 0.3) is 0 Å². The Labute approximate surface area is 173 Å². The fourth-order valence-corrected chi connectivity index (χ4v) is 4.74. The Kier molecular flexibility index (Phi) is 7.47. The number of carbonyl (C=O) groups is 1. The Bertz CT molecular complexity index is 718. The van der Waals surface area contributed by atoms with E-state index in [0.29, 0.717) is 24.8 Å². The van der Waals surface area contributed by atoms with Crippen LogP contribution in [-0.2, 0) is 11.2 Å². The molecule has 0 saturated heterocycles. The Morgan fingerprint density at radius 1 is 1.21 bits per heavy atom. The van der Waals surface area contributed by atoms with Gasteiger partial charge in [0.2, 0.25) is 5.91 Å². The first kappa shape index (κ1) is 21.6. The smallest absolute Gasteiger partial charge is 0.237 e. The standard InChI is InChI=1S/C22H33N3O4/c1-15(24-27)13-23-14-21(26)25-10-9-17-11-19(28-2)20(29-3)12-18(17)22(25)16-7-5-4-6-8-16/h11-12,15-16,22-23H,4-10,13-14H2,1-3H3/t15-,22?/m1/s1. The van der Waals surface area contributed by atoms with Gasteiger partial charge >= 0.3 is 0 Å². The predicted molar refractivity (Wildman–Crippen MR) is 112 cm³/mol. The number of ether oxygens (including phenoxy) is 2. The molecular formula is C22H33N3O4. The van der Waals surface area contributed by atoms with Crippen molar-refractivity contribution in [2.75, 3.05) is 33.9 Å². The molecule has 0 aromatic heterocycles. The molecule has 29 heavy (non-hydrogen) atoms. The van der Waals surface area contributed by atoms with E-state index >= 15 is 0 Å². The van der Waals surface area contributed by atoms with Gasteiger partial charge < -0.3 is 19.7 Å². The van der Waals surface area contributed by atoms with Crippen molar-refractivity contribution in [3.05, 3.63) is 28.2 Å². The topological polar surface area (TPSA) is 80.2 Å². The average Bonchev–Trinajstić information content (AvgIpc) is 2.77. The Morgan fingerprint density at radius 3 is 2.55 bits per heavy atom. The number of benzene rings is 1. The van der Waals surface area contributed by atoms with E-state index in [1.54, 1.807) is 21.1 Å². The third-order valence-corrected chi connectivity index (χ3v) is 6.23. The lowest BCUT2D eigenvalue weighted by Crippen LogP contribution is -2.47. The largest absolute Gasteiger partial charge is 0.493 e. The van der Waals surface area contributed by atoms with Crippen LogP contribution in [0.1, 0.15) is 56.2 Å². The summed E-state index contributed by atoms with van der Waals surface area (Å²) >= 11 is 0. The molecule has 1 aliphatic carbocycles. The summed E-state index contributed by atoms with van der Waals surface area (Å²) in [6.45, 7) is 3.09. The van der Waals surface area contributed by atoms with E-state index in [-0.39, 0.29) is 24.5 Å². The van der Waals surface area contributed by atoms with E-state index in [1.165, 1.54) is 30.4 Å². The molecule has 1 amide bonds. The number of hydrogen-bond acceptors (Lipinski definition) is 6. The van der Waals surface area contributed by atoms with E-state index in [1.807, 2.05) is 4.90 Å². The van der Waals surface area contributed by atoms with Gasteiger partial charge in [0.25, 0.3) is 0 Å². The van der Waals surface area contributed by atoms with Crippen molar-refractivity contribution in [3.8, 4) is 11.5 Å². The summed E-state index contributed by atoms with van der Waals surface area (Å²) in [6.07, 6.45) is 6.79. The Balaban J connectivity index is 1.87. The lowest BCUT2D eigenvalue weighted by atomic mass is 9.77. The predicted octanol–water partition coefficient (Wildman–Crippen LogP) is 3.45. The number of carbonyl (C=O) groups excluding carboxylic acids is 1. The van der Waals surface area contributed by atoms with Gasteiger partial charge in [-0.3, -0.25) is 4.79 Å². The maximum Gasteiger partial charge on any atom is 0.237 e. The van der Waals surface area contributed by atoms with Gasteiger partial charge in [-0.15, -0.1) is 0 Å². The second-order valence-electron chi connectivity index (χ2n) is 8.17. The zero-order valence-corrected chi connectivity index (χ0v) is 17.8. The summed E-state index contributed by atoms with van der Waals surface area (Å²) in [4.78, 5) is 25.7. The van der Waals surface area contributed by atoms with Crippen LogP contribution in [-0.4, -0.2) is 50.7 Å². The van der Waals surface area contributed by atoms with Crippen molar-refractivity contribution >= 4 is 5.91 Å². The van der Waals surface area contributed by atoms with E-state index in [2.05, 4.69) is 22.6 Å². The summed E-state index contributed by atoms with van der Waals surface area (Å²) < 4.78 is 11.0. The van der Waals surface area contributed by atoms with Crippen LogP contribution < -0.4 is 14.8 Å². The first-order valence-corrected chi connectivity index (χ1v) is 10.7. The molecule has 2 atom stereocenters. The van der Waals surface area contributed by atoms with E-state index in [0.717, 1.165) is 25.0 Å². The molecule has 1 aromatic rings. The fraction of sp³-hybridized carbons (Fsp3) is 0.682. The Morgan fingerprint density at radius 2 is 1.90 bits per heavy atom. The molecule has 3 rings (SSSR count). The molecule has 1 heterocycles. The van der Waals surface area contributed by atoms with Gasteiger partial charge in [0.05, 0.1) is 26.8 Å². The maximum atomic E-state index is 13.1. The van der Waals surface area contributed by atoms with Crippen LogP contribution in [0, 0.1) is 10.8 Å². The molecule has 7 heteroatoms. The zero-order valence-electron chi connectivity index (χ0n) is 17.8. The quantitative estimate of drug-likeness (QED) is 0.673. The number of nitroso groups, excluding NO2 is 1. The molecule has 7 nitrogen and oxygen atoms in total. The first-order chi connectivity index (χ1) is 14.1. The van der Waals surface area contributed by atoms with Gasteiger partial charge in [-0.25, -0.2) is 0 Å². The molecule has 2 aliphatic rings. The SMILES string of the molecule is COc1cc2c(cc1OC)C(C1CCCCC1)N(C(=O)CNC[C@@H](C)N=O)CC2. The highest BCUT2D eigenvalue weighted by molar-refractivity contribution is 5.79. The molecule has 0 radical (unpaired) electrons. The number of rotatable bonds is 8. The van der Waals surface area contributed by atoms with Crippen LogP contribution >= 0.6 is 0 Å². The Hall–Kier alpha value is -2.15. The second kappa shape index (κ2) is 10.1. The highest BCUT2D eigenvalue weighted by Crippen LogP contribution is 2.45. The van der Waals surface area contributed by atoms with Crippen molar-refractivity contribution in [3.63, 3.8) is 0 Å². The number of hydrogen-bond donors (Lipinski definition) is 1. The minimum Gasteiger partial charge on any atom is -0.493 e. The number of methoxy groups -OCH3 is 2. The van der Waals surface area contributed by atoms with E-state index in [4.69, 9.17) is 9.47 Å². The van der Waals surface area contributed by atoms with Crippen LogP contribution in [0.4, 0.5) is 0 Å². The van der Waals surface area contributed by atoms with Crippen LogP contribution in [0.15, 0.2) is 17.3 Å². The van der Waals surface area contributed by atoms with Crippen LogP contribution in [0.5, 0.6) is 11.5 Å². The molecule has 1 fully saturated rings. The monoisotopic (exact) mass is 403 g/mol. The molecular weight excluding hydrogens is 370 g/mol. The number of nitrogens with one attached hydrogen (secondary N) is 1. The number of fused-ring (bicyclic) bond motifs is 1. The molecule has 1 unspecified atom stereocenters. The first-order valence-electron chi connectivity index (χ1n) is 10.7. The number of amides is 1. The van der Waals surface area contributed by atoms with Crippen molar-refractivity contribution in [2.24, 2.45) is 11.1 Å². The second-order valence-corrected chi connectivity index (χ2v) is 8.17. The highest BCUT2D eigenvalue weighted by Gasteiger charge is 2.37. The summed E-state index contributed by atoms with van der Waals surface area (Å²) in [6, 6.07) is 3.87. The van der Waals surface area contributed by atoms with Crippen LogP contribution in [0.3, 0.4) is 0 Å². The minimum atomic E-state index is -0.337. The summed E-state index contributed by atoms with van der Waals surface area (Å²) in [5.74, 6) is 2.00. The lowest BCUT2D eigenvalue weighted by Gasteiger charge is -2.43. The normalized spacial score (nSPS) is 20.7. The fourth-order valence-electron chi connectivity index (χ4n) is 4.74. The van der Waals surface area contributed by atoms with Gasteiger partial charge in [-0.2, -0.15) is 4.91 Å². The van der Waals surface area contributed by atoms with Gasteiger partial charge in [-0.05, 0) is 55.4 Å². The van der Waals surface area contributed by atoms with Crippen molar-refractivity contribution < 1.29 is 14.3 Å². The van der Waals surface area contributed by atoms with E-state index in [9.17, 15) is 9.70 Å². The van der Waals surface area contributed by atoms with E-state index < -0.39 is 0 Å². The zero-order chi connectivity index (χ0) is 20.8. The molecule has 1 aromatic carbocycles.